The summed E-state index contributed by atoms with van der Waals surface area (Å²) in [4.78, 5) is 27.8. The third-order valence-corrected chi connectivity index (χ3v) is 5.77. The van der Waals surface area contributed by atoms with Crippen molar-refractivity contribution in [1.82, 2.24) is 10.2 Å². The standard InChI is InChI=1S/C25H32N2O2/c1-24(2,3)18-26-23(29)25(4)15-16-27(25)22(28)17-21(19-11-7-5-8-12-19)20-13-9-6-10-14-20/h5-14,21H,15-18H2,1-4H3,(H,26,29). The molecule has 0 aromatic heterocycles. The molecule has 0 radical (unpaired) electrons. The van der Waals surface area contributed by atoms with Crippen LogP contribution in [0.5, 0.6) is 0 Å². The van der Waals surface area contributed by atoms with E-state index in [-0.39, 0.29) is 23.1 Å². The lowest BCUT2D eigenvalue weighted by molar-refractivity contribution is -0.157. The first kappa shape index (κ1) is 21.1. The van der Waals surface area contributed by atoms with Gasteiger partial charge in [-0.2, -0.15) is 0 Å². The summed E-state index contributed by atoms with van der Waals surface area (Å²) in [5.41, 5.74) is 1.49. The number of benzene rings is 2. The smallest absolute Gasteiger partial charge is 0.245 e. The Labute approximate surface area is 174 Å². The molecule has 0 aliphatic carbocycles. The van der Waals surface area contributed by atoms with Gasteiger partial charge in [-0.25, -0.2) is 0 Å². The second-order valence-electron chi connectivity index (χ2n) is 9.39. The quantitative estimate of drug-likeness (QED) is 0.794. The molecule has 2 aromatic carbocycles. The number of likely N-dealkylation sites (tertiary alicyclic amines) is 1. The van der Waals surface area contributed by atoms with Gasteiger partial charge in [0.15, 0.2) is 0 Å². The Balaban J connectivity index is 1.75. The third-order valence-electron chi connectivity index (χ3n) is 5.77. The van der Waals surface area contributed by atoms with E-state index in [1.807, 2.05) is 43.3 Å². The van der Waals surface area contributed by atoms with Crippen molar-refractivity contribution in [1.29, 1.82) is 0 Å². The van der Waals surface area contributed by atoms with E-state index in [0.717, 1.165) is 11.1 Å². The van der Waals surface area contributed by atoms with E-state index < -0.39 is 5.54 Å². The summed E-state index contributed by atoms with van der Waals surface area (Å²) in [6.07, 6.45) is 1.06. The number of carbonyl (C=O) groups excluding carboxylic acids is 2. The van der Waals surface area contributed by atoms with E-state index in [4.69, 9.17) is 0 Å². The largest absolute Gasteiger partial charge is 0.354 e. The summed E-state index contributed by atoms with van der Waals surface area (Å²) in [7, 11) is 0. The minimum absolute atomic E-state index is 0.0102. The van der Waals surface area contributed by atoms with Gasteiger partial charge in [-0.1, -0.05) is 81.4 Å². The van der Waals surface area contributed by atoms with Crippen LogP contribution in [-0.4, -0.2) is 35.3 Å². The number of carbonyl (C=O) groups is 2. The van der Waals surface area contributed by atoms with Gasteiger partial charge in [0.2, 0.25) is 11.8 Å². The highest BCUT2D eigenvalue weighted by atomic mass is 16.2. The molecule has 2 aromatic rings. The Morgan fingerprint density at radius 3 is 1.93 bits per heavy atom. The van der Waals surface area contributed by atoms with Crippen molar-refractivity contribution in [3.8, 4) is 0 Å². The van der Waals surface area contributed by atoms with Gasteiger partial charge in [-0.3, -0.25) is 9.59 Å². The number of nitrogens with zero attached hydrogens (tertiary/aromatic N) is 1. The van der Waals surface area contributed by atoms with Crippen molar-refractivity contribution in [2.24, 2.45) is 5.41 Å². The van der Waals surface area contributed by atoms with E-state index in [9.17, 15) is 9.59 Å². The summed E-state index contributed by atoms with van der Waals surface area (Å²) < 4.78 is 0. The predicted octanol–water partition coefficient (Wildman–Crippen LogP) is 4.36. The first-order valence-electron chi connectivity index (χ1n) is 10.4. The van der Waals surface area contributed by atoms with Crippen LogP contribution in [0.1, 0.15) is 57.6 Å². The molecule has 1 N–H and O–H groups in total. The van der Waals surface area contributed by atoms with Gasteiger partial charge >= 0.3 is 0 Å². The van der Waals surface area contributed by atoms with Crippen molar-refractivity contribution in [2.45, 2.75) is 52.0 Å². The van der Waals surface area contributed by atoms with Crippen LogP contribution in [0.3, 0.4) is 0 Å². The average molecular weight is 393 g/mol. The first-order valence-corrected chi connectivity index (χ1v) is 10.4. The van der Waals surface area contributed by atoms with Crippen LogP contribution in [0.4, 0.5) is 0 Å². The number of hydrogen-bond donors (Lipinski definition) is 1. The Bertz CT molecular complexity index is 803. The molecule has 0 saturated carbocycles. The lowest BCUT2D eigenvalue weighted by Gasteiger charge is -2.49. The zero-order chi connectivity index (χ0) is 21.1. The monoisotopic (exact) mass is 392 g/mol. The van der Waals surface area contributed by atoms with Gasteiger partial charge in [-0.15, -0.1) is 0 Å². The summed E-state index contributed by atoms with van der Waals surface area (Å²) in [6.45, 7) is 9.37. The van der Waals surface area contributed by atoms with Gasteiger partial charge < -0.3 is 10.2 Å². The maximum Gasteiger partial charge on any atom is 0.245 e. The minimum Gasteiger partial charge on any atom is -0.354 e. The fraction of sp³-hybridized carbons (Fsp3) is 0.440. The second-order valence-corrected chi connectivity index (χ2v) is 9.39. The number of rotatable bonds is 6. The number of amides is 2. The molecule has 0 spiro atoms. The molecular weight excluding hydrogens is 360 g/mol. The van der Waals surface area contributed by atoms with Crippen LogP contribution in [0, 0.1) is 5.41 Å². The SMILES string of the molecule is CC(C)(C)CNC(=O)C1(C)CCN1C(=O)CC(c1ccccc1)c1ccccc1. The third kappa shape index (κ3) is 4.87. The van der Waals surface area contributed by atoms with E-state index >= 15 is 0 Å². The molecule has 1 atom stereocenters. The van der Waals surface area contributed by atoms with Crippen LogP contribution < -0.4 is 5.32 Å². The molecule has 1 fully saturated rings. The predicted molar refractivity (Wildman–Crippen MR) is 117 cm³/mol. The molecule has 154 valence electrons. The molecule has 1 aliphatic rings. The van der Waals surface area contributed by atoms with Crippen LogP contribution in [-0.2, 0) is 9.59 Å². The molecule has 29 heavy (non-hydrogen) atoms. The van der Waals surface area contributed by atoms with Crippen molar-refractivity contribution >= 4 is 11.8 Å². The van der Waals surface area contributed by atoms with Gasteiger partial charge in [0.05, 0.1) is 0 Å². The highest BCUT2D eigenvalue weighted by Gasteiger charge is 2.49. The summed E-state index contributed by atoms with van der Waals surface area (Å²) >= 11 is 0. The van der Waals surface area contributed by atoms with E-state index in [1.165, 1.54) is 0 Å². The molecule has 1 unspecified atom stereocenters. The summed E-state index contributed by atoms with van der Waals surface area (Å²) in [5.74, 6) is -0.0438. The highest BCUT2D eigenvalue weighted by molar-refractivity contribution is 5.93. The van der Waals surface area contributed by atoms with Gasteiger partial charge in [-0.05, 0) is 29.9 Å². The van der Waals surface area contributed by atoms with Crippen LogP contribution in [0.25, 0.3) is 0 Å². The fourth-order valence-electron chi connectivity index (χ4n) is 3.81. The fourth-order valence-corrected chi connectivity index (χ4v) is 3.81. The van der Waals surface area contributed by atoms with Crippen LogP contribution in [0.15, 0.2) is 60.7 Å². The second kappa shape index (κ2) is 8.40. The lowest BCUT2D eigenvalue weighted by Crippen LogP contribution is -2.67. The van der Waals surface area contributed by atoms with Crippen molar-refractivity contribution in [3.63, 3.8) is 0 Å². The summed E-state index contributed by atoms with van der Waals surface area (Å²) in [6, 6.07) is 20.2. The van der Waals surface area contributed by atoms with E-state index in [0.29, 0.717) is 25.9 Å². The topological polar surface area (TPSA) is 49.4 Å². The normalized spacial score (nSPS) is 19.0. The summed E-state index contributed by atoms with van der Waals surface area (Å²) in [5, 5.41) is 3.03. The molecule has 4 heteroatoms. The van der Waals surface area contributed by atoms with Gasteiger partial charge in [0.25, 0.3) is 0 Å². The zero-order valence-electron chi connectivity index (χ0n) is 17.9. The Morgan fingerprint density at radius 1 is 1.00 bits per heavy atom. The number of hydrogen-bond acceptors (Lipinski definition) is 2. The molecule has 3 rings (SSSR count). The maximum absolute atomic E-state index is 13.2. The molecule has 1 aliphatic heterocycles. The Morgan fingerprint density at radius 2 is 1.52 bits per heavy atom. The molecule has 2 amide bonds. The molecule has 1 saturated heterocycles. The molecule has 4 nitrogen and oxygen atoms in total. The molecule has 0 bridgehead atoms. The lowest BCUT2D eigenvalue weighted by atomic mass is 9.82. The molecule has 1 heterocycles. The van der Waals surface area contributed by atoms with Crippen molar-refractivity contribution < 1.29 is 9.59 Å². The molecular formula is C25H32N2O2. The minimum atomic E-state index is -0.750. The maximum atomic E-state index is 13.2. The van der Waals surface area contributed by atoms with E-state index in [1.54, 1.807) is 4.90 Å². The first-order chi connectivity index (χ1) is 13.7. The highest BCUT2D eigenvalue weighted by Crippen LogP contribution is 2.35. The van der Waals surface area contributed by atoms with Crippen LogP contribution in [0.2, 0.25) is 0 Å². The van der Waals surface area contributed by atoms with Crippen molar-refractivity contribution in [2.75, 3.05) is 13.1 Å². The Kier molecular flexibility index (Phi) is 6.11. The van der Waals surface area contributed by atoms with Crippen LogP contribution >= 0.6 is 0 Å². The van der Waals surface area contributed by atoms with Crippen molar-refractivity contribution in [3.05, 3.63) is 71.8 Å². The average Bonchev–Trinajstić information content (AvgIpc) is 2.69. The zero-order valence-corrected chi connectivity index (χ0v) is 17.9. The van der Waals surface area contributed by atoms with E-state index in [2.05, 4.69) is 50.4 Å². The van der Waals surface area contributed by atoms with Gasteiger partial charge in [0, 0.05) is 25.4 Å². The Hall–Kier alpha value is -2.62. The van der Waals surface area contributed by atoms with Gasteiger partial charge in [0.1, 0.15) is 5.54 Å². The number of nitrogens with one attached hydrogen (secondary N) is 1.